The molecule has 1 saturated heterocycles. The third-order valence-electron chi connectivity index (χ3n) is 3.80. The Kier molecular flexibility index (Phi) is 3.73. The van der Waals surface area contributed by atoms with Crippen LogP contribution in [0.5, 0.6) is 0 Å². The number of hydrogen-bond donors (Lipinski definition) is 1. The number of nitrogens with one attached hydrogen (secondary N) is 1. The minimum absolute atomic E-state index is 0.210. The van der Waals surface area contributed by atoms with Gasteiger partial charge in [0, 0.05) is 25.5 Å². The quantitative estimate of drug-likeness (QED) is 0.880. The standard InChI is InChI=1S/C13H17N5O3S/c1-22(20,21)10-5-4-7-17(9-10)13(19)14-12-16-15-11-6-2-3-8-18(11)12/h2-3,6,8,10H,4-5,7,9H2,1H3,(H,14,16,19). The van der Waals surface area contributed by atoms with Crippen molar-refractivity contribution in [1.82, 2.24) is 19.5 Å². The monoisotopic (exact) mass is 323 g/mol. The normalized spacial score (nSPS) is 19.3. The van der Waals surface area contributed by atoms with Crippen LogP contribution in [0.15, 0.2) is 24.4 Å². The van der Waals surface area contributed by atoms with Gasteiger partial charge >= 0.3 is 6.03 Å². The molecule has 1 fully saturated rings. The first-order valence-corrected chi connectivity index (χ1v) is 8.95. The Balaban J connectivity index is 1.74. The van der Waals surface area contributed by atoms with Gasteiger partial charge in [0.15, 0.2) is 15.5 Å². The lowest BCUT2D eigenvalue weighted by Gasteiger charge is -2.31. The molecule has 1 aliphatic heterocycles. The van der Waals surface area contributed by atoms with Crippen molar-refractivity contribution >= 4 is 27.5 Å². The SMILES string of the molecule is CS(=O)(=O)C1CCCN(C(=O)Nc2nnc3ccccn23)C1. The van der Waals surface area contributed by atoms with Crippen LogP contribution in [0.2, 0.25) is 0 Å². The van der Waals surface area contributed by atoms with Crippen molar-refractivity contribution in [2.45, 2.75) is 18.1 Å². The van der Waals surface area contributed by atoms with Crippen molar-refractivity contribution in [1.29, 1.82) is 0 Å². The Labute approximate surface area is 128 Å². The number of pyridine rings is 1. The van der Waals surface area contributed by atoms with E-state index < -0.39 is 15.1 Å². The number of likely N-dealkylation sites (tertiary alicyclic amines) is 1. The molecule has 3 heterocycles. The fraction of sp³-hybridized carbons (Fsp3) is 0.462. The lowest BCUT2D eigenvalue weighted by atomic mass is 10.1. The van der Waals surface area contributed by atoms with Gasteiger partial charge in [-0.25, -0.2) is 13.2 Å². The Morgan fingerprint density at radius 2 is 2.18 bits per heavy atom. The summed E-state index contributed by atoms with van der Waals surface area (Å²) in [6.07, 6.45) is 4.23. The number of fused-ring (bicyclic) bond motifs is 1. The molecule has 22 heavy (non-hydrogen) atoms. The summed E-state index contributed by atoms with van der Waals surface area (Å²) in [7, 11) is -3.14. The van der Waals surface area contributed by atoms with Crippen molar-refractivity contribution in [3.05, 3.63) is 24.4 Å². The van der Waals surface area contributed by atoms with Crippen LogP contribution in [0.25, 0.3) is 5.65 Å². The van der Waals surface area contributed by atoms with E-state index >= 15 is 0 Å². The fourth-order valence-electron chi connectivity index (χ4n) is 2.57. The third-order valence-corrected chi connectivity index (χ3v) is 5.40. The number of carbonyl (C=O) groups is 1. The predicted octanol–water partition coefficient (Wildman–Crippen LogP) is 0.770. The average Bonchev–Trinajstić information content (AvgIpc) is 2.90. The predicted molar refractivity (Wildman–Crippen MR) is 81.4 cm³/mol. The van der Waals surface area contributed by atoms with Gasteiger partial charge in [0.25, 0.3) is 0 Å². The number of aromatic nitrogens is 3. The molecule has 2 aromatic heterocycles. The van der Waals surface area contributed by atoms with Crippen LogP contribution in [-0.2, 0) is 9.84 Å². The Hall–Kier alpha value is -2.16. The second-order valence-corrected chi connectivity index (χ2v) is 7.75. The van der Waals surface area contributed by atoms with E-state index in [2.05, 4.69) is 15.5 Å². The summed E-state index contributed by atoms with van der Waals surface area (Å²) >= 11 is 0. The summed E-state index contributed by atoms with van der Waals surface area (Å²) < 4.78 is 25.0. The average molecular weight is 323 g/mol. The Morgan fingerprint density at radius 3 is 2.95 bits per heavy atom. The van der Waals surface area contributed by atoms with Crippen molar-refractivity contribution in [2.75, 3.05) is 24.7 Å². The molecule has 0 aromatic carbocycles. The highest BCUT2D eigenvalue weighted by molar-refractivity contribution is 7.91. The maximum absolute atomic E-state index is 12.3. The number of urea groups is 1. The van der Waals surface area contributed by atoms with Gasteiger partial charge in [0.05, 0.1) is 5.25 Å². The van der Waals surface area contributed by atoms with Crippen LogP contribution in [-0.4, -0.2) is 58.5 Å². The van der Waals surface area contributed by atoms with E-state index in [0.29, 0.717) is 31.0 Å². The first-order chi connectivity index (χ1) is 10.4. The van der Waals surface area contributed by atoms with E-state index in [0.717, 1.165) is 0 Å². The molecule has 0 aliphatic carbocycles. The highest BCUT2D eigenvalue weighted by Gasteiger charge is 2.30. The van der Waals surface area contributed by atoms with Crippen molar-refractivity contribution in [3.63, 3.8) is 0 Å². The third kappa shape index (κ3) is 2.89. The molecule has 3 rings (SSSR count). The lowest BCUT2D eigenvalue weighted by molar-refractivity contribution is 0.200. The number of hydrogen-bond acceptors (Lipinski definition) is 5. The molecule has 0 spiro atoms. The van der Waals surface area contributed by atoms with Gasteiger partial charge in [-0.05, 0) is 25.0 Å². The van der Waals surface area contributed by atoms with Gasteiger partial charge in [-0.1, -0.05) is 6.07 Å². The van der Waals surface area contributed by atoms with Gasteiger partial charge in [0.1, 0.15) is 0 Å². The van der Waals surface area contributed by atoms with Gasteiger partial charge in [-0.2, -0.15) is 0 Å². The van der Waals surface area contributed by atoms with E-state index in [-0.39, 0.29) is 12.6 Å². The number of nitrogens with zero attached hydrogens (tertiary/aromatic N) is 4. The number of amides is 2. The maximum atomic E-state index is 12.3. The molecule has 9 heteroatoms. The van der Waals surface area contributed by atoms with Gasteiger partial charge in [-0.15, -0.1) is 10.2 Å². The van der Waals surface area contributed by atoms with Crippen LogP contribution in [0.1, 0.15) is 12.8 Å². The largest absolute Gasteiger partial charge is 0.324 e. The summed E-state index contributed by atoms with van der Waals surface area (Å²) in [5, 5.41) is 10.1. The highest BCUT2D eigenvalue weighted by Crippen LogP contribution is 2.17. The molecule has 118 valence electrons. The molecule has 1 N–H and O–H groups in total. The Morgan fingerprint density at radius 1 is 1.36 bits per heavy atom. The summed E-state index contributed by atoms with van der Waals surface area (Å²) in [6.45, 7) is 0.746. The zero-order chi connectivity index (χ0) is 15.7. The van der Waals surface area contributed by atoms with Gasteiger partial charge in [0.2, 0.25) is 5.95 Å². The van der Waals surface area contributed by atoms with Crippen LogP contribution in [0, 0.1) is 0 Å². The molecule has 0 radical (unpaired) electrons. The van der Waals surface area contributed by atoms with Crippen molar-refractivity contribution in [2.24, 2.45) is 0 Å². The summed E-state index contributed by atoms with van der Waals surface area (Å²) in [6, 6.07) is 5.07. The molecule has 0 bridgehead atoms. The highest BCUT2D eigenvalue weighted by atomic mass is 32.2. The van der Waals surface area contributed by atoms with E-state index in [1.807, 2.05) is 12.1 Å². The minimum atomic E-state index is -3.14. The molecular formula is C13H17N5O3S. The number of rotatable bonds is 2. The van der Waals surface area contributed by atoms with Gasteiger partial charge < -0.3 is 4.90 Å². The second kappa shape index (κ2) is 5.56. The molecule has 8 nitrogen and oxygen atoms in total. The molecule has 1 atom stereocenters. The first kappa shape index (κ1) is 14.8. The smallest absolute Gasteiger partial charge is 0.323 e. The van der Waals surface area contributed by atoms with Crippen LogP contribution >= 0.6 is 0 Å². The van der Waals surface area contributed by atoms with Gasteiger partial charge in [-0.3, -0.25) is 9.72 Å². The number of sulfone groups is 1. The van der Waals surface area contributed by atoms with E-state index in [1.165, 1.54) is 11.2 Å². The first-order valence-electron chi connectivity index (χ1n) is 7.00. The van der Waals surface area contributed by atoms with Crippen LogP contribution in [0.3, 0.4) is 0 Å². The number of carbonyl (C=O) groups excluding carboxylic acids is 1. The van der Waals surface area contributed by atoms with E-state index in [9.17, 15) is 13.2 Å². The van der Waals surface area contributed by atoms with E-state index in [1.54, 1.807) is 16.7 Å². The zero-order valence-corrected chi connectivity index (χ0v) is 13.0. The van der Waals surface area contributed by atoms with E-state index in [4.69, 9.17) is 0 Å². The zero-order valence-electron chi connectivity index (χ0n) is 12.1. The summed E-state index contributed by atoms with van der Waals surface area (Å²) in [4.78, 5) is 13.8. The van der Waals surface area contributed by atoms with Crippen molar-refractivity contribution in [3.8, 4) is 0 Å². The summed E-state index contributed by atoms with van der Waals surface area (Å²) in [5.74, 6) is 0.321. The molecular weight excluding hydrogens is 306 g/mol. The van der Waals surface area contributed by atoms with Crippen molar-refractivity contribution < 1.29 is 13.2 Å². The van der Waals surface area contributed by atoms with Crippen LogP contribution in [0.4, 0.5) is 10.7 Å². The topological polar surface area (TPSA) is 96.7 Å². The maximum Gasteiger partial charge on any atom is 0.324 e. The minimum Gasteiger partial charge on any atom is -0.323 e. The molecule has 1 unspecified atom stereocenters. The molecule has 2 aromatic rings. The fourth-order valence-corrected chi connectivity index (χ4v) is 3.62. The van der Waals surface area contributed by atoms with Crippen LogP contribution < -0.4 is 5.32 Å². The number of anilines is 1. The molecule has 1 aliphatic rings. The Bertz CT molecular complexity index is 801. The molecule has 0 saturated carbocycles. The molecule has 2 amide bonds. The summed E-state index contributed by atoms with van der Waals surface area (Å²) in [5.41, 5.74) is 0.630. The number of piperidine rings is 1. The second-order valence-electron chi connectivity index (χ2n) is 5.42. The lowest BCUT2D eigenvalue weighted by Crippen LogP contribution is -2.46.